The highest BCUT2D eigenvalue weighted by Gasteiger charge is 2.17. The van der Waals surface area contributed by atoms with Gasteiger partial charge in [-0.1, -0.05) is 40.9 Å². The number of nitro groups is 1. The molecule has 1 amide bonds. The SMILES string of the molecule is O=C(COC(=O)c1ccc([N+](=O)[O-])cc1Cl)N=c1sccn1Cc1ccc(Cl)cc1Cl. The van der Waals surface area contributed by atoms with Gasteiger partial charge in [0.1, 0.15) is 0 Å². The summed E-state index contributed by atoms with van der Waals surface area (Å²) in [6.07, 6.45) is 1.74. The van der Waals surface area contributed by atoms with Crippen molar-refractivity contribution in [2.45, 2.75) is 6.54 Å². The minimum Gasteiger partial charge on any atom is -0.452 e. The average Bonchev–Trinajstić information content (AvgIpc) is 3.14. The first-order valence-electron chi connectivity index (χ1n) is 8.51. The number of benzene rings is 2. The van der Waals surface area contributed by atoms with Gasteiger partial charge in [-0.05, 0) is 23.8 Å². The van der Waals surface area contributed by atoms with Crippen LogP contribution in [0.1, 0.15) is 15.9 Å². The molecule has 0 atom stereocenters. The molecule has 0 N–H and O–H groups in total. The van der Waals surface area contributed by atoms with Crippen molar-refractivity contribution in [3.05, 3.63) is 89.1 Å². The van der Waals surface area contributed by atoms with Gasteiger partial charge in [-0.3, -0.25) is 14.9 Å². The fourth-order valence-corrected chi connectivity index (χ4v) is 3.93. The molecule has 1 aromatic heterocycles. The summed E-state index contributed by atoms with van der Waals surface area (Å²) in [5.41, 5.74) is 0.428. The lowest BCUT2D eigenvalue weighted by Crippen LogP contribution is -2.20. The summed E-state index contributed by atoms with van der Waals surface area (Å²) in [5.74, 6) is -1.58. The molecule has 31 heavy (non-hydrogen) atoms. The van der Waals surface area contributed by atoms with E-state index in [1.165, 1.54) is 11.3 Å². The quantitative estimate of drug-likeness (QED) is 0.276. The van der Waals surface area contributed by atoms with E-state index in [4.69, 9.17) is 39.5 Å². The van der Waals surface area contributed by atoms with Crippen molar-refractivity contribution in [3.63, 3.8) is 0 Å². The maximum atomic E-state index is 12.2. The van der Waals surface area contributed by atoms with Gasteiger partial charge in [-0.15, -0.1) is 11.3 Å². The highest BCUT2D eigenvalue weighted by Crippen LogP contribution is 2.23. The molecule has 3 aromatic rings. The molecule has 0 aliphatic carbocycles. The first-order valence-corrected chi connectivity index (χ1v) is 10.5. The smallest absolute Gasteiger partial charge is 0.340 e. The molecular formula is C19H12Cl3N3O5S. The molecule has 1 heterocycles. The molecule has 3 rings (SSSR count). The van der Waals surface area contributed by atoms with Crippen molar-refractivity contribution >= 4 is 63.7 Å². The predicted octanol–water partition coefficient (Wildman–Crippen LogP) is 4.75. The van der Waals surface area contributed by atoms with E-state index >= 15 is 0 Å². The number of ether oxygens (including phenoxy) is 1. The molecule has 160 valence electrons. The number of hydrogen-bond acceptors (Lipinski definition) is 6. The second-order valence-electron chi connectivity index (χ2n) is 6.05. The molecule has 0 fully saturated rings. The van der Waals surface area contributed by atoms with Gasteiger partial charge in [-0.2, -0.15) is 4.99 Å². The molecule has 8 nitrogen and oxygen atoms in total. The Hall–Kier alpha value is -2.72. The molecule has 12 heteroatoms. The molecule has 0 radical (unpaired) electrons. The van der Waals surface area contributed by atoms with Crippen LogP contribution < -0.4 is 4.80 Å². The topological polar surface area (TPSA) is 104 Å². The van der Waals surface area contributed by atoms with Gasteiger partial charge in [0.15, 0.2) is 11.4 Å². The van der Waals surface area contributed by atoms with Crippen molar-refractivity contribution < 1.29 is 19.2 Å². The van der Waals surface area contributed by atoms with E-state index < -0.39 is 23.4 Å². The molecule has 0 aliphatic heterocycles. The number of carbonyl (C=O) groups excluding carboxylic acids is 2. The van der Waals surface area contributed by atoms with Gasteiger partial charge in [0.25, 0.3) is 11.6 Å². The highest BCUT2D eigenvalue weighted by molar-refractivity contribution is 7.07. The number of rotatable bonds is 6. The Kier molecular flexibility index (Phi) is 7.45. The summed E-state index contributed by atoms with van der Waals surface area (Å²) >= 11 is 19.2. The Bertz CT molecular complexity index is 1240. The van der Waals surface area contributed by atoms with E-state index in [-0.39, 0.29) is 16.3 Å². The van der Waals surface area contributed by atoms with Gasteiger partial charge in [0, 0.05) is 33.8 Å². The van der Waals surface area contributed by atoms with Gasteiger partial charge >= 0.3 is 5.97 Å². The molecule has 0 spiro atoms. The molecule has 0 unspecified atom stereocenters. The van der Waals surface area contributed by atoms with Crippen molar-refractivity contribution in [2.24, 2.45) is 4.99 Å². The number of carbonyl (C=O) groups is 2. The van der Waals surface area contributed by atoms with Crippen molar-refractivity contribution in [1.29, 1.82) is 0 Å². The second-order valence-corrected chi connectivity index (χ2v) is 8.18. The number of thiazole rings is 1. The Morgan fingerprint density at radius 1 is 1.13 bits per heavy atom. The van der Waals surface area contributed by atoms with Crippen LogP contribution in [0.4, 0.5) is 5.69 Å². The number of esters is 1. The lowest BCUT2D eigenvalue weighted by Gasteiger charge is -2.06. The van der Waals surface area contributed by atoms with Crippen LogP contribution in [0.25, 0.3) is 0 Å². The minimum absolute atomic E-state index is 0.0939. The summed E-state index contributed by atoms with van der Waals surface area (Å²) in [5, 5.41) is 13.3. The van der Waals surface area contributed by atoms with Gasteiger partial charge in [0.05, 0.1) is 22.1 Å². The standard InChI is InChI=1S/C19H12Cl3N3O5S/c20-12-2-1-11(15(21)7-12)9-24-5-6-31-19(24)23-17(26)10-30-18(27)14-4-3-13(25(28)29)8-16(14)22/h1-8H,9-10H2. The zero-order chi connectivity index (χ0) is 22.5. The van der Waals surface area contributed by atoms with Crippen LogP contribution in [-0.2, 0) is 16.1 Å². The third-order valence-electron chi connectivity index (χ3n) is 3.95. The van der Waals surface area contributed by atoms with E-state index in [9.17, 15) is 19.7 Å². The van der Waals surface area contributed by atoms with Crippen LogP contribution in [0, 0.1) is 10.1 Å². The van der Waals surface area contributed by atoms with Crippen LogP contribution >= 0.6 is 46.1 Å². The normalized spacial score (nSPS) is 11.4. The monoisotopic (exact) mass is 499 g/mol. The molecule has 0 bridgehead atoms. The second kappa shape index (κ2) is 10.1. The maximum Gasteiger partial charge on any atom is 0.340 e. The third kappa shape index (κ3) is 5.92. The van der Waals surface area contributed by atoms with Crippen LogP contribution in [0.15, 0.2) is 53.0 Å². The largest absolute Gasteiger partial charge is 0.452 e. The summed E-state index contributed by atoms with van der Waals surface area (Å²) in [6, 6.07) is 8.41. The Balaban J connectivity index is 1.68. The number of non-ortho nitro benzene ring substituents is 1. The molecule has 0 saturated carbocycles. The lowest BCUT2D eigenvalue weighted by atomic mass is 10.2. The molecule has 2 aromatic carbocycles. The third-order valence-corrected chi connectivity index (χ3v) is 5.64. The van der Waals surface area contributed by atoms with Crippen LogP contribution in [-0.4, -0.2) is 28.0 Å². The minimum atomic E-state index is -0.893. The van der Waals surface area contributed by atoms with Crippen molar-refractivity contribution in [2.75, 3.05) is 6.61 Å². The summed E-state index contributed by atoms with van der Waals surface area (Å²) in [6.45, 7) is -0.254. The number of nitro benzene ring substituents is 1. The zero-order valence-electron chi connectivity index (χ0n) is 15.5. The summed E-state index contributed by atoms with van der Waals surface area (Å²) in [4.78, 5) is 38.7. The summed E-state index contributed by atoms with van der Waals surface area (Å²) < 4.78 is 6.65. The maximum absolute atomic E-state index is 12.2. The average molecular weight is 501 g/mol. The zero-order valence-corrected chi connectivity index (χ0v) is 18.5. The van der Waals surface area contributed by atoms with E-state index in [0.29, 0.717) is 21.4 Å². The Labute approximate surface area is 194 Å². The molecular weight excluding hydrogens is 489 g/mol. The fraction of sp³-hybridized carbons (Fsp3) is 0.105. The fourth-order valence-electron chi connectivity index (χ4n) is 2.47. The van der Waals surface area contributed by atoms with Crippen LogP contribution in [0.3, 0.4) is 0 Å². The lowest BCUT2D eigenvalue weighted by molar-refractivity contribution is -0.384. The number of amides is 1. The number of nitrogens with zero attached hydrogens (tertiary/aromatic N) is 3. The Morgan fingerprint density at radius 3 is 2.58 bits per heavy atom. The highest BCUT2D eigenvalue weighted by atomic mass is 35.5. The van der Waals surface area contributed by atoms with E-state index in [2.05, 4.69) is 4.99 Å². The Morgan fingerprint density at radius 2 is 1.90 bits per heavy atom. The van der Waals surface area contributed by atoms with Gasteiger partial charge < -0.3 is 9.30 Å². The van der Waals surface area contributed by atoms with E-state index in [0.717, 1.165) is 23.8 Å². The number of aromatic nitrogens is 1. The van der Waals surface area contributed by atoms with E-state index in [1.54, 1.807) is 34.3 Å². The van der Waals surface area contributed by atoms with Crippen LogP contribution in [0.5, 0.6) is 0 Å². The molecule has 0 aliphatic rings. The molecule has 0 saturated heterocycles. The first kappa shape index (κ1) is 23.0. The van der Waals surface area contributed by atoms with Crippen LogP contribution in [0.2, 0.25) is 15.1 Å². The number of hydrogen-bond donors (Lipinski definition) is 0. The summed E-state index contributed by atoms with van der Waals surface area (Å²) in [7, 11) is 0. The van der Waals surface area contributed by atoms with Gasteiger partial charge in [-0.25, -0.2) is 4.79 Å². The van der Waals surface area contributed by atoms with Crippen molar-refractivity contribution in [1.82, 2.24) is 4.57 Å². The predicted molar refractivity (Wildman–Crippen MR) is 117 cm³/mol. The van der Waals surface area contributed by atoms with E-state index in [1.807, 2.05) is 0 Å². The van der Waals surface area contributed by atoms with Gasteiger partial charge in [0.2, 0.25) is 0 Å². The van der Waals surface area contributed by atoms with Crippen molar-refractivity contribution in [3.8, 4) is 0 Å². The first-order chi connectivity index (χ1) is 14.7. The number of halogens is 3.